The van der Waals surface area contributed by atoms with Gasteiger partial charge in [-0.15, -0.1) is 0 Å². The Balaban J connectivity index is 1.64. The van der Waals surface area contributed by atoms with Crippen molar-refractivity contribution >= 4 is 0 Å². The van der Waals surface area contributed by atoms with E-state index in [0.29, 0.717) is 0 Å². The predicted octanol–water partition coefficient (Wildman–Crippen LogP) is -1.11. The molecule has 2 N–H and O–H groups in total. The van der Waals surface area contributed by atoms with Gasteiger partial charge in [0.2, 0.25) is 0 Å². The molecular formula is C13H28N4O. The van der Waals surface area contributed by atoms with Gasteiger partial charge in [-0.05, 0) is 27.1 Å². The number of likely N-dealkylation sites (N-methyl/N-ethyl adjacent to an activating group) is 2. The first-order valence-electron chi connectivity index (χ1n) is 7.10. The summed E-state index contributed by atoms with van der Waals surface area (Å²) in [6, 6.07) is 0. The summed E-state index contributed by atoms with van der Waals surface area (Å²) in [5, 5.41) is 13.5. The molecule has 2 rings (SSSR count). The number of piperazine rings is 1. The third-order valence-corrected chi connectivity index (χ3v) is 4.18. The van der Waals surface area contributed by atoms with Gasteiger partial charge in [0.15, 0.2) is 0 Å². The van der Waals surface area contributed by atoms with E-state index in [2.05, 4.69) is 34.1 Å². The van der Waals surface area contributed by atoms with Gasteiger partial charge >= 0.3 is 0 Å². The minimum Gasteiger partial charge on any atom is -0.387 e. The Hall–Kier alpha value is -0.200. The van der Waals surface area contributed by atoms with Crippen LogP contribution < -0.4 is 5.32 Å². The van der Waals surface area contributed by atoms with Crippen LogP contribution in [-0.4, -0.2) is 98.4 Å². The fourth-order valence-corrected chi connectivity index (χ4v) is 2.83. The number of rotatable bonds is 5. The normalized spacial score (nSPS) is 31.3. The SMILES string of the molecule is CN1CCN(CCN(C)CC2(O)CCNC2)CC1. The quantitative estimate of drug-likeness (QED) is 0.653. The van der Waals surface area contributed by atoms with Crippen LogP contribution in [0.5, 0.6) is 0 Å². The zero-order chi connectivity index (χ0) is 13.0. The molecule has 2 aliphatic rings. The van der Waals surface area contributed by atoms with Crippen molar-refractivity contribution in [3.05, 3.63) is 0 Å². The molecule has 0 amide bonds. The van der Waals surface area contributed by atoms with Crippen LogP contribution in [0.2, 0.25) is 0 Å². The standard InChI is InChI=1S/C13H28N4O/c1-15-5-8-17(9-6-15)10-7-16(2)12-13(18)3-4-14-11-13/h14,18H,3-12H2,1-2H3. The number of hydrogen-bond donors (Lipinski definition) is 2. The average Bonchev–Trinajstić information content (AvgIpc) is 2.75. The van der Waals surface area contributed by atoms with E-state index < -0.39 is 5.60 Å². The molecule has 106 valence electrons. The van der Waals surface area contributed by atoms with Gasteiger partial charge < -0.3 is 20.2 Å². The largest absolute Gasteiger partial charge is 0.387 e. The molecule has 0 aromatic heterocycles. The minimum absolute atomic E-state index is 0.503. The molecule has 5 heteroatoms. The average molecular weight is 256 g/mol. The van der Waals surface area contributed by atoms with Crippen molar-refractivity contribution in [2.75, 3.05) is 73.0 Å². The van der Waals surface area contributed by atoms with E-state index in [1.807, 2.05) is 0 Å². The highest BCUT2D eigenvalue weighted by Crippen LogP contribution is 2.15. The van der Waals surface area contributed by atoms with Crippen LogP contribution >= 0.6 is 0 Å². The highest BCUT2D eigenvalue weighted by molar-refractivity contribution is 4.90. The summed E-state index contributed by atoms with van der Waals surface area (Å²) in [7, 11) is 4.30. The fourth-order valence-electron chi connectivity index (χ4n) is 2.83. The van der Waals surface area contributed by atoms with Crippen LogP contribution in [0.25, 0.3) is 0 Å². The molecule has 0 aromatic rings. The molecule has 5 nitrogen and oxygen atoms in total. The first-order valence-corrected chi connectivity index (χ1v) is 7.10. The van der Waals surface area contributed by atoms with Crippen molar-refractivity contribution in [2.45, 2.75) is 12.0 Å². The van der Waals surface area contributed by atoms with Crippen LogP contribution in [0.15, 0.2) is 0 Å². The molecule has 2 fully saturated rings. The smallest absolute Gasteiger partial charge is 0.0909 e. The monoisotopic (exact) mass is 256 g/mol. The molecule has 2 heterocycles. The van der Waals surface area contributed by atoms with E-state index in [9.17, 15) is 5.11 Å². The third-order valence-electron chi connectivity index (χ3n) is 4.18. The van der Waals surface area contributed by atoms with E-state index in [4.69, 9.17) is 0 Å². The zero-order valence-corrected chi connectivity index (χ0v) is 11.9. The molecule has 0 radical (unpaired) electrons. The van der Waals surface area contributed by atoms with Gasteiger partial charge in [-0.25, -0.2) is 0 Å². The van der Waals surface area contributed by atoms with E-state index in [1.54, 1.807) is 0 Å². The van der Waals surface area contributed by atoms with Gasteiger partial charge in [0.25, 0.3) is 0 Å². The zero-order valence-electron chi connectivity index (χ0n) is 11.9. The second kappa shape index (κ2) is 6.30. The highest BCUT2D eigenvalue weighted by atomic mass is 16.3. The van der Waals surface area contributed by atoms with Crippen molar-refractivity contribution in [1.82, 2.24) is 20.0 Å². The maximum Gasteiger partial charge on any atom is 0.0909 e. The maximum absolute atomic E-state index is 10.3. The Morgan fingerprint density at radius 1 is 1.28 bits per heavy atom. The highest BCUT2D eigenvalue weighted by Gasteiger charge is 2.32. The van der Waals surface area contributed by atoms with E-state index >= 15 is 0 Å². The number of hydrogen-bond acceptors (Lipinski definition) is 5. The third kappa shape index (κ3) is 4.17. The van der Waals surface area contributed by atoms with Crippen LogP contribution in [0.1, 0.15) is 6.42 Å². The van der Waals surface area contributed by atoms with Gasteiger partial charge in [0, 0.05) is 52.4 Å². The molecule has 2 saturated heterocycles. The van der Waals surface area contributed by atoms with Gasteiger partial charge in [0.1, 0.15) is 0 Å². The second-order valence-electron chi connectivity index (χ2n) is 6.03. The molecule has 2 aliphatic heterocycles. The molecule has 1 atom stereocenters. The Morgan fingerprint density at radius 2 is 2.00 bits per heavy atom. The summed E-state index contributed by atoms with van der Waals surface area (Å²) in [4.78, 5) is 7.17. The Bertz CT molecular complexity index is 247. The Labute approximate surface area is 111 Å². The minimum atomic E-state index is -0.503. The fraction of sp³-hybridized carbons (Fsp3) is 1.00. The van der Waals surface area contributed by atoms with E-state index in [0.717, 1.165) is 39.1 Å². The first kappa shape index (κ1) is 14.2. The summed E-state index contributed by atoms with van der Waals surface area (Å²) in [6.45, 7) is 9.35. The van der Waals surface area contributed by atoms with Crippen molar-refractivity contribution in [2.24, 2.45) is 0 Å². The van der Waals surface area contributed by atoms with Crippen molar-refractivity contribution in [3.63, 3.8) is 0 Å². The van der Waals surface area contributed by atoms with E-state index in [1.165, 1.54) is 26.2 Å². The lowest BCUT2D eigenvalue weighted by molar-refractivity contribution is 0.0247. The molecule has 0 saturated carbocycles. The van der Waals surface area contributed by atoms with Crippen LogP contribution in [0.3, 0.4) is 0 Å². The number of β-amino-alcohol motifs (C(OH)–C–C–N with tert-alkyl or cyclic N) is 1. The molecule has 0 aliphatic carbocycles. The van der Waals surface area contributed by atoms with Crippen LogP contribution in [-0.2, 0) is 0 Å². The summed E-state index contributed by atoms with van der Waals surface area (Å²) in [6.07, 6.45) is 0.881. The van der Waals surface area contributed by atoms with E-state index in [-0.39, 0.29) is 0 Å². The molecular weight excluding hydrogens is 228 g/mol. The summed E-state index contributed by atoms with van der Waals surface area (Å²) in [5.41, 5.74) is -0.503. The molecule has 18 heavy (non-hydrogen) atoms. The Kier molecular flexibility index (Phi) is 4.98. The second-order valence-corrected chi connectivity index (χ2v) is 6.03. The van der Waals surface area contributed by atoms with Gasteiger partial charge in [-0.1, -0.05) is 0 Å². The molecule has 0 bridgehead atoms. The lowest BCUT2D eigenvalue weighted by atomic mass is 10.0. The van der Waals surface area contributed by atoms with Gasteiger partial charge in [-0.3, -0.25) is 4.90 Å². The lowest BCUT2D eigenvalue weighted by Gasteiger charge is -2.34. The molecule has 0 aromatic carbocycles. The molecule has 0 spiro atoms. The summed E-state index contributed by atoms with van der Waals surface area (Å²) < 4.78 is 0. The lowest BCUT2D eigenvalue weighted by Crippen LogP contribution is -2.48. The van der Waals surface area contributed by atoms with Crippen molar-refractivity contribution in [1.29, 1.82) is 0 Å². The molecule has 1 unspecified atom stereocenters. The summed E-state index contributed by atoms with van der Waals surface area (Å²) >= 11 is 0. The summed E-state index contributed by atoms with van der Waals surface area (Å²) in [5.74, 6) is 0. The first-order chi connectivity index (χ1) is 8.57. The van der Waals surface area contributed by atoms with Gasteiger partial charge in [0.05, 0.1) is 5.60 Å². The van der Waals surface area contributed by atoms with Crippen molar-refractivity contribution in [3.8, 4) is 0 Å². The maximum atomic E-state index is 10.3. The topological polar surface area (TPSA) is 42.0 Å². The van der Waals surface area contributed by atoms with Crippen molar-refractivity contribution < 1.29 is 5.11 Å². The number of aliphatic hydroxyl groups is 1. The predicted molar refractivity (Wildman–Crippen MR) is 73.9 cm³/mol. The number of nitrogens with one attached hydrogen (secondary N) is 1. The van der Waals surface area contributed by atoms with Crippen LogP contribution in [0, 0.1) is 0 Å². The van der Waals surface area contributed by atoms with Gasteiger partial charge in [-0.2, -0.15) is 0 Å². The Morgan fingerprint density at radius 3 is 2.61 bits per heavy atom. The van der Waals surface area contributed by atoms with Crippen LogP contribution in [0.4, 0.5) is 0 Å². The number of nitrogens with zero attached hydrogens (tertiary/aromatic N) is 3.